The largest absolute Gasteiger partial charge is 0.457 e. The third-order valence-corrected chi connectivity index (χ3v) is 8.06. The summed E-state index contributed by atoms with van der Waals surface area (Å²) in [4.78, 5) is 20.8. The second-order valence-corrected chi connectivity index (χ2v) is 11.7. The molecule has 0 aliphatic heterocycles. The van der Waals surface area contributed by atoms with E-state index in [1.807, 2.05) is 24.3 Å². The number of aromatic nitrogens is 4. The lowest BCUT2D eigenvalue weighted by Crippen LogP contribution is -1.88. The molecule has 0 saturated carbocycles. The Labute approximate surface area is 310 Å². The molecule has 0 fully saturated rings. The molecule has 0 amide bonds. The number of ether oxygens (including phenoxy) is 3. The monoisotopic (exact) mass is 732 g/mol. The Bertz CT molecular complexity index is 2410. The molecule has 15 nitrogen and oxygen atoms in total. The third-order valence-electron chi connectivity index (χ3n) is 8.06. The minimum atomic E-state index is -0.466. The molecule has 2 aromatic heterocycles. The van der Waals surface area contributed by atoms with Crippen molar-refractivity contribution in [1.29, 1.82) is 0 Å². The van der Waals surface area contributed by atoms with Gasteiger partial charge in [0.05, 0.1) is 9.85 Å². The molecule has 2 heterocycles. The molecule has 8 rings (SSSR count). The maximum atomic E-state index is 10.9. The van der Waals surface area contributed by atoms with Gasteiger partial charge in [0, 0.05) is 46.5 Å². The highest BCUT2D eigenvalue weighted by molar-refractivity contribution is 5.61. The number of hydrogen-bond acceptors (Lipinski definition) is 13. The molecule has 0 N–H and O–H groups in total. The minimum Gasteiger partial charge on any atom is -0.457 e. The first-order valence-corrected chi connectivity index (χ1v) is 16.4. The van der Waals surface area contributed by atoms with Crippen molar-refractivity contribution < 1.29 is 32.9 Å². The zero-order valence-corrected chi connectivity index (χ0v) is 28.2. The lowest BCUT2D eigenvalue weighted by molar-refractivity contribution is -0.385. The highest BCUT2D eigenvalue weighted by Crippen LogP contribution is 2.32. The Morgan fingerprint density at radius 1 is 0.345 bits per heavy atom. The smallest absolute Gasteiger partial charge is 0.269 e. The Kier molecular flexibility index (Phi) is 9.13. The first kappa shape index (κ1) is 33.9. The van der Waals surface area contributed by atoms with Gasteiger partial charge < -0.3 is 23.0 Å². The number of nitro groups is 2. The molecule has 55 heavy (non-hydrogen) atoms. The SMILES string of the molecule is O=[N+]([O-])c1ccc(Oc2ccc(-c3nnc(-c4ccc(Oc5ccc(-c6nnc(-c7ccc(Oc8ccc([N+](=O)[O-])cc8)cc7)o6)cc5)cc4)o3)cc2)cc1. The number of rotatable bonds is 12. The maximum absolute atomic E-state index is 10.9. The van der Waals surface area contributed by atoms with E-state index in [0.29, 0.717) is 80.3 Å². The van der Waals surface area contributed by atoms with Gasteiger partial charge >= 0.3 is 0 Å². The second kappa shape index (κ2) is 14.8. The summed E-state index contributed by atoms with van der Waals surface area (Å²) in [6.45, 7) is 0. The fourth-order valence-corrected chi connectivity index (χ4v) is 5.26. The van der Waals surface area contributed by atoms with Gasteiger partial charge in [0.25, 0.3) is 11.4 Å². The summed E-state index contributed by atoms with van der Waals surface area (Å²) in [5, 5.41) is 38.5. The van der Waals surface area contributed by atoms with Gasteiger partial charge in [-0.3, -0.25) is 20.2 Å². The van der Waals surface area contributed by atoms with E-state index in [2.05, 4.69) is 20.4 Å². The second-order valence-electron chi connectivity index (χ2n) is 11.7. The molecule has 8 aromatic rings. The van der Waals surface area contributed by atoms with Crippen molar-refractivity contribution in [1.82, 2.24) is 20.4 Å². The zero-order chi connectivity index (χ0) is 37.7. The van der Waals surface area contributed by atoms with Crippen molar-refractivity contribution in [3.8, 4) is 80.3 Å². The molecule has 0 unspecified atom stereocenters. The van der Waals surface area contributed by atoms with Crippen LogP contribution >= 0.6 is 0 Å². The first-order valence-electron chi connectivity index (χ1n) is 16.4. The predicted molar refractivity (Wildman–Crippen MR) is 197 cm³/mol. The van der Waals surface area contributed by atoms with E-state index in [-0.39, 0.29) is 11.4 Å². The van der Waals surface area contributed by atoms with Crippen LogP contribution in [-0.4, -0.2) is 30.2 Å². The Morgan fingerprint density at radius 2 is 0.545 bits per heavy atom. The number of benzene rings is 6. The Morgan fingerprint density at radius 3 is 0.745 bits per heavy atom. The molecule has 0 atom stereocenters. The topological polar surface area (TPSA) is 192 Å². The van der Waals surface area contributed by atoms with Gasteiger partial charge in [-0.25, -0.2) is 0 Å². The predicted octanol–water partition coefficient (Wildman–Crippen LogP) is 10.3. The minimum absolute atomic E-state index is 0.0143. The van der Waals surface area contributed by atoms with Crippen LogP contribution in [0.2, 0.25) is 0 Å². The van der Waals surface area contributed by atoms with Gasteiger partial charge in [0.15, 0.2) is 0 Å². The molecule has 6 aromatic carbocycles. The van der Waals surface area contributed by atoms with Crippen LogP contribution in [0.3, 0.4) is 0 Å². The average Bonchev–Trinajstić information content (AvgIpc) is 3.91. The van der Waals surface area contributed by atoms with Gasteiger partial charge in [-0.1, -0.05) is 0 Å². The van der Waals surface area contributed by atoms with E-state index in [4.69, 9.17) is 23.0 Å². The number of nitro benzene ring substituents is 2. The van der Waals surface area contributed by atoms with Crippen molar-refractivity contribution in [3.63, 3.8) is 0 Å². The van der Waals surface area contributed by atoms with Crippen LogP contribution in [0.15, 0.2) is 154 Å². The summed E-state index contributed by atoms with van der Waals surface area (Å²) in [5.74, 6) is 4.55. The van der Waals surface area contributed by atoms with Crippen molar-refractivity contribution >= 4 is 11.4 Å². The van der Waals surface area contributed by atoms with Crippen LogP contribution in [0, 0.1) is 20.2 Å². The molecule has 0 bridgehead atoms. The quantitative estimate of drug-likeness (QED) is 0.0851. The molecule has 0 aliphatic rings. The zero-order valence-electron chi connectivity index (χ0n) is 28.2. The molecule has 0 spiro atoms. The van der Waals surface area contributed by atoms with Gasteiger partial charge in [0.1, 0.15) is 34.5 Å². The fourth-order valence-electron chi connectivity index (χ4n) is 5.26. The molecule has 0 aliphatic carbocycles. The first-order chi connectivity index (χ1) is 26.8. The van der Waals surface area contributed by atoms with Crippen LogP contribution in [0.4, 0.5) is 11.4 Å². The molecule has 0 radical (unpaired) electrons. The van der Waals surface area contributed by atoms with E-state index in [1.54, 1.807) is 72.8 Å². The number of non-ortho nitro benzene ring substituents is 2. The maximum Gasteiger partial charge on any atom is 0.269 e. The van der Waals surface area contributed by atoms with Crippen molar-refractivity contribution in [3.05, 3.63) is 166 Å². The van der Waals surface area contributed by atoms with Gasteiger partial charge in [-0.2, -0.15) is 0 Å². The normalized spacial score (nSPS) is 10.8. The number of hydrogen-bond donors (Lipinski definition) is 0. The lowest BCUT2D eigenvalue weighted by Gasteiger charge is -2.06. The highest BCUT2D eigenvalue weighted by Gasteiger charge is 2.14. The van der Waals surface area contributed by atoms with Crippen molar-refractivity contribution in [2.45, 2.75) is 0 Å². The summed E-state index contributed by atoms with van der Waals surface area (Å²) in [6.07, 6.45) is 0. The third kappa shape index (κ3) is 7.85. The fraction of sp³-hybridized carbons (Fsp3) is 0. The van der Waals surface area contributed by atoms with Crippen LogP contribution in [0.1, 0.15) is 0 Å². The summed E-state index contributed by atoms with van der Waals surface area (Å²) in [5.41, 5.74) is 2.77. The molecule has 0 saturated heterocycles. The van der Waals surface area contributed by atoms with E-state index in [9.17, 15) is 20.2 Å². The van der Waals surface area contributed by atoms with Crippen LogP contribution in [-0.2, 0) is 0 Å². The van der Waals surface area contributed by atoms with E-state index in [0.717, 1.165) is 0 Å². The molecular formula is C40H24N6O9. The molecular weight excluding hydrogens is 708 g/mol. The van der Waals surface area contributed by atoms with Crippen molar-refractivity contribution in [2.24, 2.45) is 0 Å². The summed E-state index contributed by atoms with van der Waals surface area (Å²) in [7, 11) is 0. The van der Waals surface area contributed by atoms with E-state index >= 15 is 0 Å². The lowest BCUT2D eigenvalue weighted by atomic mass is 10.2. The van der Waals surface area contributed by atoms with Crippen LogP contribution < -0.4 is 14.2 Å². The van der Waals surface area contributed by atoms with Crippen LogP contribution in [0.25, 0.3) is 45.8 Å². The van der Waals surface area contributed by atoms with E-state index in [1.165, 1.54) is 48.5 Å². The van der Waals surface area contributed by atoms with Gasteiger partial charge in [-0.05, 0) is 121 Å². The highest BCUT2D eigenvalue weighted by atomic mass is 16.6. The summed E-state index contributed by atoms with van der Waals surface area (Å²) in [6, 6.07) is 40.2. The van der Waals surface area contributed by atoms with Gasteiger partial charge in [0.2, 0.25) is 23.6 Å². The molecule has 15 heteroatoms. The Balaban J connectivity index is 0.854. The average molecular weight is 733 g/mol. The standard InChI is InChI=1S/C40H24N6O9/c47-45(48)29-9-21-35(22-10-29)52-33-17-5-27(6-18-33)39-43-41-37(54-39)25-1-13-31(14-2-25)51-32-15-3-26(4-16-32)38-42-44-40(55-38)28-7-19-34(20-8-28)53-36-23-11-30(12-24-36)46(49)50/h1-24H. The summed E-state index contributed by atoms with van der Waals surface area (Å²) < 4.78 is 29.4. The number of nitrogens with zero attached hydrogens (tertiary/aromatic N) is 6. The van der Waals surface area contributed by atoms with Crippen molar-refractivity contribution in [2.75, 3.05) is 0 Å². The van der Waals surface area contributed by atoms with Crippen LogP contribution in [0.5, 0.6) is 34.5 Å². The van der Waals surface area contributed by atoms with Gasteiger partial charge in [-0.15, -0.1) is 20.4 Å². The Hall–Kier alpha value is -8.20. The summed E-state index contributed by atoms with van der Waals surface area (Å²) >= 11 is 0. The molecule has 268 valence electrons. The van der Waals surface area contributed by atoms with E-state index < -0.39 is 9.85 Å².